The Morgan fingerprint density at radius 2 is 1.96 bits per heavy atom. The van der Waals surface area contributed by atoms with Crippen LogP contribution < -0.4 is 0 Å². The number of ketones is 1. The number of thiazole rings is 1. The monoisotopic (exact) mass is 365 g/mol. The number of aromatic nitrogens is 1. The maximum atomic E-state index is 12.2. The highest BCUT2D eigenvalue weighted by atomic mass is 35.5. The molecule has 24 heavy (non-hydrogen) atoms. The van der Waals surface area contributed by atoms with Gasteiger partial charge in [-0.25, -0.2) is 4.98 Å². The molecule has 2 atom stereocenters. The molecular weight excluding hydrogens is 346 g/mol. The van der Waals surface area contributed by atoms with E-state index in [1.807, 2.05) is 31.4 Å². The minimum atomic E-state index is -0.905. The number of nitrogens with zero attached hydrogens (tertiary/aromatic N) is 1. The Labute approximate surface area is 150 Å². The van der Waals surface area contributed by atoms with Gasteiger partial charge in [0.25, 0.3) is 0 Å². The van der Waals surface area contributed by atoms with E-state index in [4.69, 9.17) is 11.6 Å². The van der Waals surface area contributed by atoms with Crippen LogP contribution in [0.25, 0.3) is 10.6 Å². The summed E-state index contributed by atoms with van der Waals surface area (Å²) in [5.41, 5.74) is 1.63. The summed E-state index contributed by atoms with van der Waals surface area (Å²) in [4.78, 5) is 28.0. The SMILES string of the molecule is CC[C@@H](C)[C@H](CC(=O)Cc1csc(-c2ccc(Cl)cc2)n1)C(=O)O. The zero-order chi connectivity index (χ0) is 17.7. The molecule has 6 heteroatoms. The van der Waals surface area contributed by atoms with Crippen LogP contribution in [0.1, 0.15) is 32.4 Å². The Balaban J connectivity index is 2.02. The van der Waals surface area contributed by atoms with Crippen LogP contribution in [-0.2, 0) is 16.0 Å². The minimum absolute atomic E-state index is 0.0217. The number of hydrogen-bond donors (Lipinski definition) is 1. The van der Waals surface area contributed by atoms with Gasteiger partial charge in [0.15, 0.2) is 0 Å². The van der Waals surface area contributed by atoms with Gasteiger partial charge in [-0.15, -0.1) is 11.3 Å². The first-order valence-electron chi connectivity index (χ1n) is 7.85. The second-order valence-electron chi connectivity index (χ2n) is 5.90. The van der Waals surface area contributed by atoms with E-state index in [-0.39, 0.29) is 24.5 Å². The zero-order valence-electron chi connectivity index (χ0n) is 13.7. The lowest BCUT2D eigenvalue weighted by Crippen LogP contribution is -2.25. The number of Topliss-reactive ketones (excluding diaryl/α,β-unsaturated/α-hetero) is 1. The molecule has 0 aliphatic heterocycles. The smallest absolute Gasteiger partial charge is 0.307 e. The molecule has 1 N–H and O–H groups in total. The Morgan fingerprint density at radius 3 is 2.54 bits per heavy atom. The van der Waals surface area contributed by atoms with Gasteiger partial charge in [0.1, 0.15) is 10.8 Å². The van der Waals surface area contributed by atoms with Crippen molar-refractivity contribution in [3.05, 3.63) is 40.4 Å². The van der Waals surface area contributed by atoms with E-state index in [9.17, 15) is 14.7 Å². The van der Waals surface area contributed by atoms with Crippen LogP contribution in [-0.4, -0.2) is 21.8 Å². The van der Waals surface area contributed by atoms with Gasteiger partial charge in [-0.05, 0) is 18.1 Å². The quantitative estimate of drug-likeness (QED) is 0.735. The molecule has 0 amide bonds. The molecule has 1 aromatic carbocycles. The minimum Gasteiger partial charge on any atom is -0.481 e. The number of carboxylic acid groups (broad SMARTS) is 1. The molecule has 1 aromatic heterocycles. The average Bonchev–Trinajstić information content (AvgIpc) is 3.00. The van der Waals surface area contributed by atoms with E-state index in [1.165, 1.54) is 11.3 Å². The normalized spacial score (nSPS) is 13.5. The molecule has 0 fully saturated rings. The summed E-state index contributed by atoms with van der Waals surface area (Å²) in [6.07, 6.45) is 0.962. The van der Waals surface area contributed by atoms with Crippen molar-refractivity contribution in [3.63, 3.8) is 0 Å². The van der Waals surface area contributed by atoms with Gasteiger partial charge in [0.05, 0.1) is 11.6 Å². The molecule has 0 saturated carbocycles. The van der Waals surface area contributed by atoms with Crippen molar-refractivity contribution in [2.75, 3.05) is 0 Å². The van der Waals surface area contributed by atoms with Crippen LogP contribution in [0.3, 0.4) is 0 Å². The number of benzene rings is 1. The maximum Gasteiger partial charge on any atom is 0.307 e. The number of carboxylic acids is 1. The molecule has 128 valence electrons. The molecule has 0 saturated heterocycles. The van der Waals surface area contributed by atoms with Gasteiger partial charge in [-0.1, -0.05) is 44.0 Å². The van der Waals surface area contributed by atoms with Crippen LogP contribution in [0, 0.1) is 11.8 Å². The van der Waals surface area contributed by atoms with Crippen molar-refractivity contribution in [1.82, 2.24) is 4.98 Å². The van der Waals surface area contributed by atoms with Gasteiger partial charge in [-0.3, -0.25) is 9.59 Å². The van der Waals surface area contributed by atoms with Crippen LogP contribution in [0.4, 0.5) is 0 Å². The fourth-order valence-electron chi connectivity index (χ4n) is 2.45. The predicted octanol–water partition coefficient (Wildman–Crippen LogP) is 4.71. The van der Waals surface area contributed by atoms with E-state index in [0.717, 1.165) is 17.0 Å². The Bertz CT molecular complexity index is 711. The summed E-state index contributed by atoms with van der Waals surface area (Å²) in [5, 5.41) is 12.6. The summed E-state index contributed by atoms with van der Waals surface area (Å²) in [5.74, 6) is -1.64. The average molecular weight is 366 g/mol. The largest absolute Gasteiger partial charge is 0.481 e. The number of halogens is 1. The van der Waals surface area contributed by atoms with Crippen molar-refractivity contribution >= 4 is 34.7 Å². The van der Waals surface area contributed by atoms with Gasteiger partial charge in [-0.2, -0.15) is 0 Å². The van der Waals surface area contributed by atoms with Crippen LogP contribution in [0.2, 0.25) is 5.02 Å². The Hall–Kier alpha value is -1.72. The second-order valence-corrected chi connectivity index (χ2v) is 7.20. The van der Waals surface area contributed by atoms with Crippen LogP contribution in [0.5, 0.6) is 0 Å². The first-order valence-corrected chi connectivity index (χ1v) is 9.11. The lowest BCUT2D eigenvalue weighted by atomic mass is 9.87. The van der Waals surface area contributed by atoms with Gasteiger partial charge in [0.2, 0.25) is 0 Å². The predicted molar refractivity (Wildman–Crippen MR) is 96.5 cm³/mol. The highest BCUT2D eigenvalue weighted by Crippen LogP contribution is 2.26. The lowest BCUT2D eigenvalue weighted by molar-refractivity contribution is -0.145. The first kappa shape index (κ1) is 18.6. The summed E-state index contributed by atoms with van der Waals surface area (Å²) in [7, 11) is 0. The summed E-state index contributed by atoms with van der Waals surface area (Å²) < 4.78 is 0. The Morgan fingerprint density at radius 1 is 1.29 bits per heavy atom. The third-order valence-electron chi connectivity index (χ3n) is 4.12. The number of carbonyl (C=O) groups is 2. The van der Waals surface area contributed by atoms with Gasteiger partial charge in [0, 0.05) is 28.8 Å². The van der Waals surface area contributed by atoms with Gasteiger partial charge < -0.3 is 5.11 Å². The van der Waals surface area contributed by atoms with E-state index in [2.05, 4.69) is 4.98 Å². The fourth-order valence-corrected chi connectivity index (χ4v) is 3.40. The van der Waals surface area contributed by atoms with Gasteiger partial charge >= 0.3 is 5.97 Å². The number of carbonyl (C=O) groups excluding carboxylic acids is 1. The van der Waals surface area contributed by atoms with Crippen molar-refractivity contribution in [2.45, 2.75) is 33.1 Å². The lowest BCUT2D eigenvalue weighted by Gasteiger charge is -2.17. The standard InChI is InChI=1S/C18H20ClNO3S/c1-3-11(2)16(18(22)23)9-15(21)8-14-10-24-17(20-14)12-4-6-13(19)7-5-12/h4-7,10-11,16H,3,8-9H2,1-2H3,(H,22,23)/t11-,16+/m1/s1. The van der Waals surface area contributed by atoms with Crippen LogP contribution >= 0.6 is 22.9 Å². The second kappa shape index (κ2) is 8.40. The summed E-state index contributed by atoms with van der Waals surface area (Å²) >= 11 is 7.34. The molecule has 2 rings (SSSR count). The molecule has 0 aliphatic rings. The number of hydrogen-bond acceptors (Lipinski definition) is 4. The molecule has 0 unspecified atom stereocenters. The van der Waals surface area contributed by atoms with E-state index in [0.29, 0.717) is 10.7 Å². The molecule has 0 radical (unpaired) electrons. The molecule has 1 heterocycles. The van der Waals surface area contributed by atoms with E-state index >= 15 is 0 Å². The summed E-state index contributed by atoms with van der Waals surface area (Å²) in [6, 6.07) is 7.37. The Kier molecular flexibility index (Phi) is 6.52. The van der Waals surface area contributed by atoms with Crippen molar-refractivity contribution in [2.24, 2.45) is 11.8 Å². The van der Waals surface area contributed by atoms with E-state index < -0.39 is 11.9 Å². The molecule has 0 bridgehead atoms. The first-order chi connectivity index (χ1) is 11.4. The van der Waals surface area contributed by atoms with Crippen molar-refractivity contribution in [1.29, 1.82) is 0 Å². The van der Waals surface area contributed by atoms with Crippen LogP contribution in [0.15, 0.2) is 29.6 Å². The molecule has 0 aliphatic carbocycles. The molecule has 4 nitrogen and oxygen atoms in total. The van der Waals surface area contributed by atoms with E-state index in [1.54, 1.807) is 12.1 Å². The molecular formula is C18H20ClNO3S. The molecule has 2 aromatic rings. The highest BCUT2D eigenvalue weighted by molar-refractivity contribution is 7.13. The summed E-state index contributed by atoms with van der Waals surface area (Å²) in [6.45, 7) is 3.80. The zero-order valence-corrected chi connectivity index (χ0v) is 15.2. The number of aliphatic carboxylic acids is 1. The maximum absolute atomic E-state index is 12.2. The topological polar surface area (TPSA) is 67.3 Å². The molecule has 0 spiro atoms. The van der Waals surface area contributed by atoms with Crippen molar-refractivity contribution < 1.29 is 14.7 Å². The van der Waals surface area contributed by atoms with Crippen molar-refractivity contribution in [3.8, 4) is 10.6 Å². The number of rotatable bonds is 8. The highest BCUT2D eigenvalue weighted by Gasteiger charge is 2.26. The third-order valence-corrected chi connectivity index (χ3v) is 5.31. The fraction of sp³-hybridized carbons (Fsp3) is 0.389. The third kappa shape index (κ3) is 4.89.